The lowest BCUT2D eigenvalue weighted by Crippen LogP contribution is -2.44. The number of aromatic nitrogens is 2. The summed E-state index contributed by atoms with van der Waals surface area (Å²) in [4.78, 5) is 35.4. The Bertz CT molecular complexity index is 909. The van der Waals surface area contributed by atoms with Crippen LogP contribution in [0.25, 0.3) is 10.9 Å². The van der Waals surface area contributed by atoms with Gasteiger partial charge in [-0.15, -0.1) is 0 Å². The highest BCUT2D eigenvalue weighted by Gasteiger charge is 2.47. The third-order valence-electron chi connectivity index (χ3n) is 5.25. The number of fused-ring (bicyclic) bond motifs is 1. The molecule has 1 unspecified atom stereocenters. The molecule has 0 amide bonds. The summed E-state index contributed by atoms with van der Waals surface area (Å²) in [6.07, 6.45) is 1.89. The number of ether oxygens (including phenoxy) is 1. The molecule has 0 aliphatic heterocycles. The van der Waals surface area contributed by atoms with E-state index in [1.807, 2.05) is 0 Å². The maximum Gasteiger partial charge on any atom is 0.310 e. The minimum atomic E-state index is -1.50. The summed E-state index contributed by atoms with van der Waals surface area (Å²) in [5.74, 6) is -3.83. The van der Waals surface area contributed by atoms with E-state index >= 15 is 0 Å². The molecule has 2 aromatic rings. The molecular formula is C19H23BrN2O6. The Kier molecular flexibility index (Phi) is 6.82. The number of carboxylic acids is 2. The van der Waals surface area contributed by atoms with Crippen molar-refractivity contribution in [2.75, 3.05) is 0 Å². The predicted molar refractivity (Wildman–Crippen MR) is 105 cm³/mol. The number of carbonyl (C=O) groups is 3. The van der Waals surface area contributed by atoms with E-state index < -0.39 is 29.2 Å². The molecule has 1 heterocycles. The van der Waals surface area contributed by atoms with Crippen LogP contribution in [0.4, 0.5) is 0 Å². The highest BCUT2D eigenvalue weighted by atomic mass is 79.9. The topological polar surface area (TPSA) is 130 Å². The summed E-state index contributed by atoms with van der Waals surface area (Å²) in [7, 11) is 0. The number of nitrogens with zero attached hydrogens (tertiary/aromatic N) is 1. The zero-order chi connectivity index (χ0) is 21.1. The molecule has 9 heteroatoms. The highest BCUT2D eigenvalue weighted by molar-refractivity contribution is 9.10. The minimum Gasteiger partial charge on any atom is -0.481 e. The third-order valence-corrected chi connectivity index (χ3v) is 5.87. The molecule has 0 fully saturated rings. The lowest BCUT2D eigenvalue weighted by molar-refractivity contribution is -0.163. The van der Waals surface area contributed by atoms with Gasteiger partial charge in [0.05, 0.1) is 23.0 Å². The van der Waals surface area contributed by atoms with E-state index in [1.54, 1.807) is 26.1 Å². The maximum absolute atomic E-state index is 12.3. The fraction of sp³-hybridized carbons (Fsp3) is 0.474. The Morgan fingerprint density at radius 2 is 2.00 bits per heavy atom. The van der Waals surface area contributed by atoms with Crippen molar-refractivity contribution in [3.63, 3.8) is 0 Å². The second-order valence-electron chi connectivity index (χ2n) is 6.73. The van der Waals surface area contributed by atoms with Crippen molar-refractivity contribution < 1.29 is 29.3 Å². The molecular weight excluding hydrogens is 432 g/mol. The number of carboxylic acid groups (broad SMARTS) is 2. The van der Waals surface area contributed by atoms with Gasteiger partial charge in [-0.2, -0.15) is 5.10 Å². The zero-order valence-electron chi connectivity index (χ0n) is 15.9. The lowest BCUT2D eigenvalue weighted by Gasteiger charge is -2.34. The number of carbonyl (C=O) groups excluding carboxylic acids is 1. The van der Waals surface area contributed by atoms with E-state index in [0.717, 1.165) is 0 Å². The molecule has 0 aliphatic rings. The van der Waals surface area contributed by atoms with Crippen LogP contribution in [0.1, 0.15) is 44.7 Å². The van der Waals surface area contributed by atoms with Gasteiger partial charge in [0.1, 0.15) is 6.61 Å². The first kappa shape index (κ1) is 21.9. The molecule has 0 spiro atoms. The molecule has 2 rings (SSSR count). The van der Waals surface area contributed by atoms with Gasteiger partial charge in [-0.05, 0) is 46.8 Å². The Balaban J connectivity index is 2.66. The average Bonchev–Trinajstić information content (AvgIpc) is 3.10. The van der Waals surface area contributed by atoms with Crippen LogP contribution in [0.5, 0.6) is 0 Å². The summed E-state index contributed by atoms with van der Waals surface area (Å²) in [5.41, 5.74) is 0.406. The number of aromatic amines is 1. The standard InChI is InChI=1S/C19H23BrN2O6/c1-4-14(17(24)25)19(5-2,18(26)27)7-11-6-15(20)16-12(8-21-22-16)13(11)9-28-10(3)23/h6,8,14H,4-5,7,9H2,1-3H3,(H,21,22)(H,24,25)(H,26,27)/t14?,19-/m1/s1. The van der Waals surface area contributed by atoms with Crippen LogP contribution in [0.15, 0.2) is 16.7 Å². The van der Waals surface area contributed by atoms with E-state index in [4.69, 9.17) is 4.74 Å². The Labute approximate surface area is 170 Å². The van der Waals surface area contributed by atoms with E-state index in [2.05, 4.69) is 26.1 Å². The van der Waals surface area contributed by atoms with E-state index in [-0.39, 0.29) is 25.9 Å². The molecule has 1 aromatic carbocycles. The number of aliphatic carboxylic acids is 2. The van der Waals surface area contributed by atoms with Crippen molar-refractivity contribution in [1.29, 1.82) is 0 Å². The quantitative estimate of drug-likeness (QED) is 0.494. The first-order chi connectivity index (χ1) is 13.2. The largest absolute Gasteiger partial charge is 0.481 e. The number of H-pyrrole nitrogens is 1. The van der Waals surface area contributed by atoms with Gasteiger partial charge >= 0.3 is 17.9 Å². The monoisotopic (exact) mass is 454 g/mol. The number of rotatable bonds is 9. The average molecular weight is 455 g/mol. The molecule has 152 valence electrons. The van der Waals surface area contributed by atoms with Crippen molar-refractivity contribution in [3.8, 4) is 0 Å². The van der Waals surface area contributed by atoms with Gasteiger partial charge in [0.2, 0.25) is 0 Å². The van der Waals surface area contributed by atoms with Crippen LogP contribution < -0.4 is 0 Å². The first-order valence-electron chi connectivity index (χ1n) is 8.90. The molecule has 2 atom stereocenters. The van der Waals surface area contributed by atoms with Crippen LogP contribution in [0.2, 0.25) is 0 Å². The van der Waals surface area contributed by atoms with E-state index in [0.29, 0.717) is 26.5 Å². The minimum absolute atomic E-state index is 0.0139. The van der Waals surface area contributed by atoms with Gasteiger partial charge < -0.3 is 14.9 Å². The molecule has 0 saturated carbocycles. The van der Waals surface area contributed by atoms with Crippen molar-refractivity contribution >= 4 is 44.7 Å². The zero-order valence-corrected chi connectivity index (χ0v) is 17.5. The normalized spacial score (nSPS) is 14.4. The van der Waals surface area contributed by atoms with Crippen molar-refractivity contribution in [3.05, 3.63) is 27.9 Å². The fourth-order valence-electron chi connectivity index (χ4n) is 3.70. The number of hydrogen-bond acceptors (Lipinski definition) is 5. The van der Waals surface area contributed by atoms with Gasteiger partial charge in [0.15, 0.2) is 0 Å². The molecule has 8 nitrogen and oxygen atoms in total. The predicted octanol–water partition coefficient (Wildman–Crippen LogP) is 3.52. The fourth-order valence-corrected chi connectivity index (χ4v) is 4.27. The molecule has 0 bridgehead atoms. The second-order valence-corrected chi connectivity index (χ2v) is 7.58. The summed E-state index contributed by atoms with van der Waals surface area (Å²) in [5, 5.41) is 27.2. The Hall–Kier alpha value is -2.42. The smallest absolute Gasteiger partial charge is 0.310 e. The number of hydrogen-bond donors (Lipinski definition) is 3. The SMILES string of the molecule is CCC(C(=O)O)[C@@](CC)(Cc1cc(Br)c2[nH]ncc2c1COC(C)=O)C(=O)O. The van der Waals surface area contributed by atoms with Gasteiger partial charge in [0.25, 0.3) is 0 Å². The molecule has 3 N–H and O–H groups in total. The third kappa shape index (κ3) is 4.04. The van der Waals surface area contributed by atoms with Gasteiger partial charge in [-0.3, -0.25) is 19.5 Å². The number of esters is 1. The molecule has 0 saturated heterocycles. The second kappa shape index (κ2) is 8.72. The van der Waals surface area contributed by atoms with Gasteiger partial charge in [-0.25, -0.2) is 0 Å². The summed E-state index contributed by atoms with van der Waals surface area (Å²) in [6, 6.07) is 1.74. The van der Waals surface area contributed by atoms with Crippen LogP contribution in [-0.4, -0.2) is 38.3 Å². The first-order valence-corrected chi connectivity index (χ1v) is 9.70. The maximum atomic E-state index is 12.3. The molecule has 28 heavy (non-hydrogen) atoms. The van der Waals surface area contributed by atoms with Gasteiger partial charge in [-0.1, -0.05) is 13.8 Å². The number of nitrogens with one attached hydrogen (secondary N) is 1. The van der Waals surface area contributed by atoms with E-state index in [9.17, 15) is 24.6 Å². The van der Waals surface area contributed by atoms with Crippen molar-refractivity contribution in [1.82, 2.24) is 10.2 Å². The van der Waals surface area contributed by atoms with Crippen LogP contribution in [0, 0.1) is 11.3 Å². The van der Waals surface area contributed by atoms with Crippen LogP contribution >= 0.6 is 15.9 Å². The van der Waals surface area contributed by atoms with Crippen LogP contribution in [-0.2, 0) is 32.1 Å². The summed E-state index contributed by atoms with van der Waals surface area (Å²) in [6.45, 7) is 4.57. The Morgan fingerprint density at radius 3 is 2.50 bits per heavy atom. The number of halogens is 1. The van der Waals surface area contributed by atoms with Crippen molar-refractivity contribution in [2.24, 2.45) is 11.3 Å². The van der Waals surface area contributed by atoms with Crippen molar-refractivity contribution in [2.45, 2.75) is 46.6 Å². The molecule has 0 radical (unpaired) electrons. The molecule has 1 aromatic heterocycles. The molecule has 0 aliphatic carbocycles. The van der Waals surface area contributed by atoms with Gasteiger partial charge in [0, 0.05) is 22.3 Å². The van der Waals surface area contributed by atoms with E-state index in [1.165, 1.54) is 6.92 Å². The highest BCUT2D eigenvalue weighted by Crippen LogP contribution is 2.41. The Morgan fingerprint density at radius 1 is 1.32 bits per heavy atom. The van der Waals surface area contributed by atoms with Crippen LogP contribution in [0.3, 0.4) is 0 Å². The number of benzene rings is 1. The lowest BCUT2D eigenvalue weighted by atomic mass is 9.67. The summed E-state index contributed by atoms with van der Waals surface area (Å²) < 4.78 is 5.84. The summed E-state index contributed by atoms with van der Waals surface area (Å²) >= 11 is 3.45.